The molecule has 3 aromatic rings. The van der Waals surface area contributed by atoms with Crippen LogP contribution in [0.1, 0.15) is 41.4 Å². The number of ketones is 1. The Bertz CT molecular complexity index is 1300. The van der Waals surface area contributed by atoms with Gasteiger partial charge in [0.15, 0.2) is 5.78 Å². The van der Waals surface area contributed by atoms with Gasteiger partial charge in [-0.3, -0.25) is 9.59 Å². The maximum atomic E-state index is 13.6. The van der Waals surface area contributed by atoms with Crippen LogP contribution < -0.4 is 10.1 Å². The zero-order chi connectivity index (χ0) is 25.1. The van der Waals surface area contributed by atoms with Crippen LogP contribution in [-0.2, 0) is 20.9 Å². The molecular formula is C31H29NO4. The van der Waals surface area contributed by atoms with E-state index in [4.69, 9.17) is 9.47 Å². The number of carbonyl (C=O) groups excluding carboxylic acids is 2. The first-order valence-electron chi connectivity index (χ1n) is 12.2. The van der Waals surface area contributed by atoms with Crippen LogP contribution in [-0.4, -0.2) is 18.9 Å². The quantitative estimate of drug-likeness (QED) is 0.463. The van der Waals surface area contributed by atoms with Crippen molar-refractivity contribution in [2.45, 2.75) is 31.3 Å². The van der Waals surface area contributed by atoms with Gasteiger partial charge in [-0.1, -0.05) is 79.4 Å². The van der Waals surface area contributed by atoms with E-state index in [1.165, 1.54) is 7.11 Å². The first-order chi connectivity index (χ1) is 17.5. The molecule has 0 radical (unpaired) electrons. The molecule has 0 spiro atoms. The zero-order valence-corrected chi connectivity index (χ0v) is 20.3. The summed E-state index contributed by atoms with van der Waals surface area (Å²) in [6, 6.07) is 27.7. The second kappa shape index (κ2) is 10.2. The van der Waals surface area contributed by atoms with Gasteiger partial charge in [-0.05, 0) is 41.2 Å². The van der Waals surface area contributed by atoms with E-state index in [9.17, 15) is 9.59 Å². The Morgan fingerprint density at radius 2 is 1.58 bits per heavy atom. The molecule has 182 valence electrons. The number of Topliss-reactive ketones (excluding diaryl/α,β-unsaturated/α-hetero) is 1. The second-order valence-corrected chi connectivity index (χ2v) is 9.30. The molecule has 3 atom stereocenters. The molecule has 0 saturated heterocycles. The van der Waals surface area contributed by atoms with Gasteiger partial charge in [-0.15, -0.1) is 0 Å². The smallest absolute Gasteiger partial charge is 0.315 e. The van der Waals surface area contributed by atoms with E-state index in [1.54, 1.807) is 0 Å². The standard InChI is InChI=1S/C31H29NO4/c1-20-28(31(34)35-2)29(23-13-15-25(16-14-23)36-19-21-9-5-3-6-10-21)30-26(32-20)17-24(18-27(30)33)22-11-7-4-8-12-22/h3-16,24,28-29,32H,1,17-19H2,2H3. The van der Waals surface area contributed by atoms with Crippen molar-refractivity contribution in [1.82, 2.24) is 5.32 Å². The third-order valence-corrected chi connectivity index (χ3v) is 7.05. The van der Waals surface area contributed by atoms with Crippen LogP contribution in [0, 0.1) is 5.92 Å². The number of ether oxygens (including phenoxy) is 2. The first kappa shape index (κ1) is 23.6. The predicted molar refractivity (Wildman–Crippen MR) is 138 cm³/mol. The van der Waals surface area contributed by atoms with E-state index in [0.717, 1.165) is 28.1 Å². The lowest BCUT2D eigenvalue weighted by atomic mass is 9.69. The molecule has 5 nitrogen and oxygen atoms in total. The van der Waals surface area contributed by atoms with Gasteiger partial charge < -0.3 is 14.8 Å². The number of hydrogen-bond acceptors (Lipinski definition) is 5. The number of benzene rings is 3. The first-order valence-corrected chi connectivity index (χ1v) is 12.2. The Morgan fingerprint density at radius 1 is 0.917 bits per heavy atom. The summed E-state index contributed by atoms with van der Waals surface area (Å²) in [5, 5.41) is 3.30. The third-order valence-electron chi connectivity index (χ3n) is 7.05. The Hall–Kier alpha value is -4.12. The van der Waals surface area contributed by atoms with Crippen LogP contribution in [0.5, 0.6) is 5.75 Å². The Kier molecular flexibility index (Phi) is 6.72. The monoisotopic (exact) mass is 479 g/mol. The summed E-state index contributed by atoms with van der Waals surface area (Å²) in [5.74, 6) is -0.712. The average molecular weight is 480 g/mol. The van der Waals surface area contributed by atoms with Gasteiger partial charge >= 0.3 is 5.97 Å². The zero-order valence-electron chi connectivity index (χ0n) is 20.3. The third kappa shape index (κ3) is 4.69. The number of esters is 1. The number of rotatable bonds is 6. The fourth-order valence-corrected chi connectivity index (χ4v) is 5.29. The molecule has 0 bridgehead atoms. The number of allylic oxidation sites excluding steroid dienone is 2. The number of methoxy groups -OCH3 is 1. The van der Waals surface area contributed by atoms with E-state index in [-0.39, 0.29) is 11.7 Å². The summed E-state index contributed by atoms with van der Waals surface area (Å²) in [6.07, 6.45) is 1.09. The number of hydrogen-bond donors (Lipinski definition) is 1. The van der Waals surface area contributed by atoms with Crippen LogP contribution in [0.2, 0.25) is 0 Å². The highest BCUT2D eigenvalue weighted by molar-refractivity contribution is 6.01. The molecule has 36 heavy (non-hydrogen) atoms. The fraction of sp³-hybridized carbons (Fsp3) is 0.226. The van der Waals surface area contributed by atoms with Gasteiger partial charge in [0.1, 0.15) is 18.3 Å². The molecule has 3 unspecified atom stereocenters. The molecule has 5 heteroatoms. The Labute approximate surface area is 211 Å². The van der Waals surface area contributed by atoms with Gasteiger partial charge in [-0.25, -0.2) is 0 Å². The molecule has 3 aromatic carbocycles. The van der Waals surface area contributed by atoms with Gasteiger partial charge in [0.05, 0.1) is 7.11 Å². The van der Waals surface area contributed by atoms with Crippen molar-refractivity contribution >= 4 is 11.8 Å². The van der Waals surface area contributed by atoms with Gasteiger partial charge in [-0.2, -0.15) is 0 Å². The molecule has 1 aliphatic heterocycles. The maximum absolute atomic E-state index is 13.6. The van der Waals surface area contributed by atoms with Crippen molar-refractivity contribution in [2.75, 3.05) is 7.11 Å². The second-order valence-electron chi connectivity index (χ2n) is 9.30. The van der Waals surface area contributed by atoms with Gasteiger partial charge in [0.25, 0.3) is 0 Å². The molecule has 1 heterocycles. The molecule has 5 rings (SSSR count). The average Bonchev–Trinajstić information content (AvgIpc) is 2.92. The highest BCUT2D eigenvalue weighted by Gasteiger charge is 2.45. The molecule has 0 amide bonds. The SMILES string of the molecule is C=C1NC2=C(C(=O)CC(c3ccccc3)C2)C(c2ccc(OCc3ccccc3)cc2)C1C(=O)OC. The van der Waals surface area contributed by atoms with Crippen molar-refractivity contribution in [2.24, 2.45) is 5.92 Å². The summed E-state index contributed by atoms with van der Waals surface area (Å²) in [6.45, 7) is 4.61. The number of carbonyl (C=O) groups is 2. The summed E-state index contributed by atoms with van der Waals surface area (Å²) in [5.41, 5.74) is 5.13. The minimum Gasteiger partial charge on any atom is -0.489 e. The molecular weight excluding hydrogens is 450 g/mol. The Balaban J connectivity index is 1.46. The minimum atomic E-state index is -0.693. The predicted octanol–water partition coefficient (Wildman–Crippen LogP) is 5.66. The van der Waals surface area contributed by atoms with Crippen molar-refractivity contribution in [3.05, 3.63) is 125 Å². The summed E-state index contributed by atoms with van der Waals surface area (Å²) < 4.78 is 11.1. The van der Waals surface area contributed by atoms with E-state index >= 15 is 0 Å². The largest absolute Gasteiger partial charge is 0.489 e. The van der Waals surface area contributed by atoms with E-state index in [1.807, 2.05) is 72.8 Å². The van der Waals surface area contributed by atoms with Crippen molar-refractivity contribution in [3.63, 3.8) is 0 Å². The molecule has 2 aliphatic rings. The maximum Gasteiger partial charge on any atom is 0.315 e. The van der Waals surface area contributed by atoms with Crippen LogP contribution in [0.4, 0.5) is 0 Å². The lowest BCUT2D eigenvalue weighted by Gasteiger charge is -2.40. The molecule has 0 saturated carbocycles. The van der Waals surface area contributed by atoms with E-state index in [2.05, 4.69) is 24.0 Å². The normalized spacial score (nSPS) is 21.4. The van der Waals surface area contributed by atoms with Crippen LogP contribution in [0.3, 0.4) is 0 Å². The van der Waals surface area contributed by atoms with Crippen molar-refractivity contribution < 1.29 is 19.1 Å². The summed E-state index contributed by atoms with van der Waals surface area (Å²) in [4.78, 5) is 26.5. The molecule has 1 N–H and O–H groups in total. The lowest BCUT2D eigenvalue weighted by Crippen LogP contribution is -2.42. The van der Waals surface area contributed by atoms with Crippen LogP contribution >= 0.6 is 0 Å². The summed E-state index contributed by atoms with van der Waals surface area (Å²) in [7, 11) is 1.37. The van der Waals surface area contributed by atoms with Gasteiger partial charge in [0, 0.05) is 29.3 Å². The highest BCUT2D eigenvalue weighted by atomic mass is 16.5. The number of nitrogens with one attached hydrogen (secondary N) is 1. The molecule has 0 fully saturated rings. The topological polar surface area (TPSA) is 64.6 Å². The fourth-order valence-electron chi connectivity index (χ4n) is 5.29. The minimum absolute atomic E-state index is 0.0495. The van der Waals surface area contributed by atoms with Crippen LogP contribution in [0.25, 0.3) is 0 Å². The van der Waals surface area contributed by atoms with Crippen molar-refractivity contribution in [1.29, 1.82) is 0 Å². The lowest BCUT2D eigenvalue weighted by molar-refractivity contribution is -0.144. The van der Waals surface area contributed by atoms with Crippen molar-refractivity contribution in [3.8, 4) is 5.75 Å². The summed E-state index contributed by atoms with van der Waals surface area (Å²) >= 11 is 0. The van der Waals surface area contributed by atoms with Crippen LogP contribution in [0.15, 0.2) is 108 Å². The Morgan fingerprint density at radius 3 is 2.25 bits per heavy atom. The molecule has 1 aliphatic carbocycles. The highest BCUT2D eigenvalue weighted by Crippen LogP contribution is 2.47. The van der Waals surface area contributed by atoms with Gasteiger partial charge in [0.2, 0.25) is 0 Å². The molecule has 0 aromatic heterocycles. The van der Waals surface area contributed by atoms with E-state index in [0.29, 0.717) is 30.7 Å². The van der Waals surface area contributed by atoms with E-state index < -0.39 is 17.8 Å².